The lowest BCUT2D eigenvalue weighted by Gasteiger charge is -2.22. The van der Waals surface area contributed by atoms with Crippen molar-refractivity contribution >= 4 is 0 Å². The highest BCUT2D eigenvalue weighted by atomic mass is 16.5. The molecular formula is C12H12O. The molecule has 13 heavy (non-hydrogen) atoms. The molecule has 0 spiro atoms. The van der Waals surface area contributed by atoms with Crippen molar-refractivity contribution in [3.63, 3.8) is 0 Å². The first kappa shape index (κ1) is 7.34. The van der Waals surface area contributed by atoms with Gasteiger partial charge in [0.1, 0.15) is 11.7 Å². The van der Waals surface area contributed by atoms with Crippen molar-refractivity contribution in [2.45, 2.75) is 25.6 Å². The maximum absolute atomic E-state index is 5.95. The van der Waals surface area contributed by atoms with E-state index in [1.165, 1.54) is 16.7 Å². The highest BCUT2D eigenvalue weighted by Crippen LogP contribution is 2.53. The number of hydrogen-bond acceptors (Lipinski definition) is 1. The Hall–Kier alpha value is -1.08. The van der Waals surface area contributed by atoms with Gasteiger partial charge in [0.05, 0.1) is 0 Å². The van der Waals surface area contributed by atoms with Gasteiger partial charge in [0, 0.05) is 0 Å². The summed E-state index contributed by atoms with van der Waals surface area (Å²) < 4.78 is 5.95. The maximum atomic E-state index is 5.95. The van der Waals surface area contributed by atoms with Crippen LogP contribution in [0.3, 0.4) is 0 Å². The van der Waals surface area contributed by atoms with Gasteiger partial charge in [-0.05, 0) is 36.6 Å². The Balaban J connectivity index is 2.30. The molecule has 0 amide bonds. The van der Waals surface area contributed by atoms with Crippen LogP contribution in [-0.4, -0.2) is 0 Å². The smallest absolute Gasteiger partial charge is 0.113 e. The van der Waals surface area contributed by atoms with E-state index in [1.807, 2.05) is 0 Å². The molecule has 1 nitrogen and oxygen atoms in total. The van der Waals surface area contributed by atoms with Crippen molar-refractivity contribution in [1.82, 2.24) is 0 Å². The Bertz CT molecular complexity index is 405. The third-order valence-corrected chi connectivity index (χ3v) is 3.30. The Morgan fingerprint density at radius 3 is 2.92 bits per heavy atom. The van der Waals surface area contributed by atoms with Gasteiger partial charge in [-0.3, -0.25) is 0 Å². The van der Waals surface area contributed by atoms with E-state index in [0.29, 0.717) is 0 Å². The van der Waals surface area contributed by atoms with Gasteiger partial charge in [-0.15, -0.1) is 0 Å². The number of hydrogen-bond donors (Lipinski definition) is 0. The van der Waals surface area contributed by atoms with Gasteiger partial charge < -0.3 is 4.74 Å². The normalized spacial score (nSPS) is 34.6. The van der Waals surface area contributed by atoms with E-state index in [9.17, 15) is 0 Å². The van der Waals surface area contributed by atoms with Crippen molar-refractivity contribution in [3.8, 4) is 0 Å². The van der Waals surface area contributed by atoms with Crippen LogP contribution in [0.2, 0.25) is 0 Å². The average molecular weight is 172 g/mol. The standard InChI is InChI=1S/C12H12O/c1-8-7-11-9-5-3-4-6-10(9)12(8,2)13-11/h3-7,11H,1-2H3/t11-,12+/m1/s1. The zero-order valence-electron chi connectivity index (χ0n) is 7.87. The molecule has 0 unspecified atom stereocenters. The van der Waals surface area contributed by atoms with Gasteiger partial charge in [0.15, 0.2) is 0 Å². The molecule has 2 aliphatic heterocycles. The fraction of sp³-hybridized carbons (Fsp3) is 0.333. The first-order valence-corrected chi connectivity index (χ1v) is 4.68. The van der Waals surface area contributed by atoms with Crippen LogP contribution in [0.15, 0.2) is 35.9 Å². The molecule has 2 heterocycles. The Labute approximate surface area is 78.0 Å². The molecule has 1 aromatic carbocycles. The van der Waals surface area contributed by atoms with Crippen LogP contribution in [0, 0.1) is 0 Å². The summed E-state index contributed by atoms with van der Waals surface area (Å²) in [5.74, 6) is 0. The van der Waals surface area contributed by atoms with Crippen molar-refractivity contribution in [2.75, 3.05) is 0 Å². The molecule has 0 saturated carbocycles. The predicted molar refractivity (Wildman–Crippen MR) is 51.4 cm³/mol. The lowest BCUT2D eigenvalue weighted by Crippen LogP contribution is -2.19. The van der Waals surface area contributed by atoms with Crippen LogP contribution >= 0.6 is 0 Å². The van der Waals surface area contributed by atoms with Crippen LogP contribution in [0.1, 0.15) is 31.1 Å². The van der Waals surface area contributed by atoms with Crippen molar-refractivity contribution < 1.29 is 4.74 Å². The SMILES string of the molecule is CC1=C[C@H]2O[C@]1(C)c1ccccc12. The largest absolute Gasteiger partial charge is 0.354 e. The minimum Gasteiger partial charge on any atom is -0.354 e. The van der Waals surface area contributed by atoms with Crippen LogP contribution in [0.25, 0.3) is 0 Å². The summed E-state index contributed by atoms with van der Waals surface area (Å²) >= 11 is 0. The fourth-order valence-electron chi connectivity index (χ4n) is 2.38. The summed E-state index contributed by atoms with van der Waals surface area (Å²) in [5, 5.41) is 0. The van der Waals surface area contributed by atoms with Gasteiger partial charge >= 0.3 is 0 Å². The third-order valence-electron chi connectivity index (χ3n) is 3.30. The number of ether oxygens (including phenoxy) is 1. The lowest BCUT2D eigenvalue weighted by molar-refractivity contribution is 0.00509. The number of rotatable bonds is 0. The van der Waals surface area contributed by atoms with Crippen molar-refractivity contribution in [3.05, 3.63) is 47.0 Å². The second-order valence-electron chi connectivity index (χ2n) is 4.01. The summed E-state index contributed by atoms with van der Waals surface area (Å²) in [4.78, 5) is 0. The van der Waals surface area contributed by atoms with E-state index in [4.69, 9.17) is 4.74 Å². The highest BCUT2D eigenvalue weighted by Gasteiger charge is 2.46. The summed E-state index contributed by atoms with van der Waals surface area (Å²) in [6, 6.07) is 8.50. The molecule has 0 fully saturated rings. The quantitative estimate of drug-likeness (QED) is 0.547. The molecule has 0 aliphatic carbocycles. The zero-order valence-corrected chi connectivity index (χ0v) is 7.87. The van der Waals surface area contributed by atoms with E-state index >= 15 is 0 Å². The summed E-state index contributed by atoms with van der Waals surface area (Å²) in [7, 11) is 0. The number of fused-ring (bicyclic) bond motifs is 5. The average Bonchev–Trinajstić information content (AvgIpc) is 2.57. The van der Waals surface area contributed by atoms with Crippen LogP contribution in [0.5, 0.6) is 0 Å². The van der Waals surface area contributed by atoms with Gasteiger partial charge in [-0.1, -0.05) is 24.3 Å². The molecule has 0 saturated heterocycles. The lowest BCUT2D eigenvalue weighted by atomic mass is 9.83. The van der Waals surface area contributed by atoms with Gasteiger partial charge in [0.2, 0.25) is 0 Å². The molecule has 2 aliphatic rings. The molecular weight excluding hydrogens is 160 g/mol. The third kappa shape index (κ3) is 0.713. The second-order valence-corrected chi connectivity index (χ2v) is 4.01. The molecule has 66 valence electrons. The van der Waals surface area contributed by atoms with Gasteiger partial charge in [0.25, 0.3) is 0 Å². The maximum Gasteiger partial charge on any atom is 0.113 e. The first-order valence-electron chi connectivity index (χ1n) is 4.68. The van der Waals surface area contributed by atoms with E-state index in [1.54, 1.807) is 0 Å². The summed E-state index contributed by atoms with van der Waals surface area (Å²) in [6.45, 7) is 4.31. The van der Waals surface area contributed by atoms with Crippen LogP contribution in [0.4, 0.5) is 0 Å². The van der Waals surface area contributed by atoms with Gasteiger partial charge in [-0.25, -0.2) is 0 Å². The molecule has 2 atom stereocenters. The second kappa shape index (κ2) is 2.05. The Kier molecular flexibility index (Phi) is 1.15. The fourth-order valence-corrected chi connectivity index (χ4v) is 2.38. The summed E-state index contributed by atoms with van der Waals surface area (Å²) in [6.07, 6.45) is 2.43. The zero-order chi connectivity index (χ0) is 9.05. The summed E-state index contributed by atoms with van der Waals surface area (Å²) in [5.41, 5.74) is 3.90. The molecule has 2 bridgehead atoms. The van der Waals surface area contributed by atoms with Crippen molar-refractivity contribution in [2.24, 2.45) is 0 Å². The van der Waals surface area contributed by atoms with E-state index in [0.717, 1.165) is 0 Å². The molecule has 3 rings (SSSR count). The topological polar surface area (TPSA) is 9.23 Å². The molecule has 0 radical (unpaired) electrons. The number of benzene rings is 1. The Morgan fingerprint density at radius 1 is 1.31 bits per heavy atom. The van der Waals surface area contributed by atoms with E-state index < -0.39 is 0 Å². The van der Waals surface area contributed by atoms with E-state index in [-0.39, 0.29) is 11.7 Å². The van der Waals surface area contributed by atoms with Crippen LogP contribution in [-0.2, 0) is 10.3 Å². The monoisotopic (exact) mass is 172 g/mol. The van der Waals surface area contributed by atoms with Crippen LogP contribution < -0.4 is 0 Å². The predicted octanol–water partition coefficient (Wildman–Crippen LogP) is 2.93. The van der Waals surface area contributed by atoms with Crippen molar-refractivity contribution in [1.29, 1.82) is 0 Å². The Morgan fingerprint density at radius 2 is 2.08 bits per heavy atom. The highest BCUT2D eigenvalue weighted by molar-refractivity contribution is 5.49. The molecule has 0 N–H and O–H groups in total. The van der Waals surface area contributed by atoms with E-state index in [2.05, 4.69) is 44.2 Å². The minimum absolute atomic E-state index is 0.138. The molecule has 1 heteroatoms. The van der Waals surface area contributed by atoms with Gasteiger partial charge in [-0.2, -0.15) is 0 Å². The first-order chi connectivity index (χ1) is 6.22. The molecule has 1 aromatic rings. The minimum atomic E-state index is -0.138. The molecule has 0 aromatic heterocycles.